The second-order valence-corrected chi connectivity index (χ2v) is 32.9. The summed E-state index contributed by atoms with van der Waals surface area (Å²) in [5, 5.41) is 30.7. The summed E-state index contributed by atoms with van der Waals surface area (Å²) in [6.07, 6.45) is 7.54. The molecule has 4 atom stereocenters. The van der Waals surface area contributed by atoms with Crippen LogP contribution in [0.4, 0.5) is 22.7 Å². The molecule has 0 radical (unpaired) electrons. The molecule has 4 saturated carbocycles. The molecule has 688 valence electrons. The Morgan fingerprint density at radius 3 is 1.04 bits per heavy atom. The summed E-state index contributed by atoms with van der Waals surface area (Å²) >= 11 is 6.42. The van der Waals surface area contributed by atoms with E-state index in [9.17, 15) is 58.0 Å². The van der Waals surface area contributed by atoms with Gasteiger partial charge in [-0.25, -0.2) is 5.48 Å². The zero-order valence-corrected chi connectivity index (χ0v) is 75.5. The topological polar surface area (TPSA) is 400 Å². The molecule has 4 aliphatic heterocycles. The molecule has 32 nitrogen and oxygen atoms in total. The minimum Gasteiger partial charge on any atom is -0.493 e. The Balaban J connectivity index is 0.000000149. The van der Waals surface area contributed by atoms with E-state index in [1.54, 1.807) is 119 Å². The van der Waals surface area contributed by atoms with Crippen LogP contribution in [0.1, 0.15) is 229 Å². The summed E-state index contributed by atoms with van der Waals surface area (Å²) in [5.74, 6) is 1.59. The number of carbonyl (C=O) groups excluding carboxylic acids is 11. The van der Waals surface area contributed by atoms with Crippen LogP contribution < -0.4 is 70.1 Å². The van der Waals surface area contributed by atoms with Gasteiger partial charge < -0.3 is 83.6 Å². The van der Waals surface area contributed by atoms with Gasteiger partial charge in [0.1, 0.15) is 0 Å². The predicted molar refractivity (Wildman–Crippen MR) is 483 cm³/mol. The van der Waals surface area contributed by atoms with Crippen molar-refractivity contribution in [3.05, 3.63) is 211 Å². The molecular formula is C98H108ClN11O21. The number of ether oxygens (including phenoxy) is 8. The standard InChI is InChI=1S/C26H29N3O7.C24H24ClN3O4.C24H27N3O6.C24H28N2O4/c1-4-35-22-12-17(10-11-21(22)34-3)20(13-23(31)28-36-15(2)30)29-14-18-6-5-7-19(24(18)26(29)33)27-25(32)16-8-9-16;1-3-32-21-12-15(6-9-20(21)31-2)19(10-11-26)28-13-16-17(25)7-8-18(22(16)24(28)30)27-23(29)14-4-5-14;1-3-33-20-11-15(9-10-19(20)32-2)18(12-21(28)26-31)27-13-16-5-4-6-17(22(16)24(27)30)25-23(29)14-7-8-14;1-4-19(16-11-12-20(29-3)21(13-16)30-5-2)26-14-17-7-6-8-18(22(17)24(26)28)25-23(27)15-9-10-15/h5-7,10-12,16,20H,4,8-9,13-14H2,1-3H3,(H,27,32)(H,28,31);6-9,12,14,19H,3-5,10,13H2,1-2H3,(H,27,29);4-6,9-11,14,18,31H,3,7-8,12-13H2,1-2H3,(H,25,29)(H,26,28);6-8,11-13,15,19H,4-5,9-10,14H2,1-3H3,(H,25,27)/t20-;;18-;/m0.0./s1. The van der Waals surface area contributed by atoms with Gasteiger partial charge in [-0.05, 0) is 203 Å². The second kappa shape index (κ2) is 43.0. The van der Waals surface area contributed by atoms with Gasteiger partial charge in [-0.2, -0.15) is 10.7 Å². The Bertz CT molecular complexity index is 5730. The number of nitrogens with one attached hydrogen (secondary N) is 6. The third kappa shape index (κ3) is 22.2. The number of rotatable bonds is 34. The molecule has 7 N–H and O–H groups in total. The lowest BCUT2D eigenvalue weighted by atomic mass is 10.0. The summed E-state index contributed by atoms with van der Waals surface area (Å²) in [4.78, 5) is 151. The molecule has 8 aromatic carbocycles. The number of anilines is 4. The smallest absolute Gasteiger partial charge is 0.329 e. The van der Waals surface area contributed by atoms with Crippen molar-refractivity contribution < 1.29 is 101 Å². The number of methoxy groups -OCH3 is 4. The summed E-state index contributed by atoms with van der Waals surface area (Å²) in [5.41, 5.74) is 13.8. The van der Waals surface area contributed by atoms with Crippen LogP contribution in [0.25, 0.3) is 0 Å². The lowest BCUT2D eigenvalue weighted by Gasteiger charge is -2.28. The number of hydrogen-bond acceptors (Lipinski definition) is 22. The average molecular weight is 1810 g/mol. The SMILES string of the molecule is CCOc1cc(C(CC#N)N2Cc3c(Cl)ccc(NC(=O)C4CC4)c3C2=O)ccc1OC.CCOc1cc(C(CC)N2Cc3cccc(NC(=O)C4CC4)c3C2=O)ccc1OC.CCOc1cc([C@H](CC(=O)NO)N2Cc3cccc(NC(=O)C4CC4)c3C2=O)ccc1OC.CCOc1cc([C@H](CC(=O)NOC(C)=O)N2Cc3cccc(NC(=O)C4CC4)c3C2=O)ccc1OC. The molecule has 10 amide bonds. The van der Waals surface area contributed by atoms with Crippen molar-refractivity contribution in [2.24, 2.45) is 23.7 Å². The average Bonchev–Trinajstić information content (AvgIpc) is 1.62. The molecule has 4 heterocycles. The van der Waals surface area contributed by atoms with Gasteiger partial charge in [0.2, 0.25) is 29.5 Å². The fraction of sp³-hybridized carbons (Fsp3) is 0.388. The van der Waals surface area contributed by atoms with Crippen molar-refractivity contribution in [2.45, 2.75) is 169 Å². The van der Waals surface area contributed by atoms with E-state index in [1.165, 1.54) is 21.1 Å². The summed E-state index contributed by atoms with van der Waals surface area (Å²) < 4.78 is 44.2. The zero-order chi connectivity index (χ0) is 93.4. The van der Waals surface area contributed by atoms with E-state index >= 15 is 0 Å². The first kappa shape index (κ1) is 94.7. The van der Waals surface area contributed by atoms with Gasteiger partial charge in [-0.3, -0.25) is 57.9 Å². The van der Waals surface area contributed by atoms with E-state index in [1.807, 2.05) is 87.2 Å². The van der Waals surface area contributed by atoms with Crippen LogP contribution in [0.5, 0.6) is 46.0 Å². The highest BCUT2D eigenvalue weighted by molar-refractivity contribution is 6.32. The molecular weight excluding hydrogens is 1700 g/mol. The van der Waals surface area contributed by atoms with Crippen LogP contribution in [-0.2, 0) is 64.6 Å². The first-order valence-electron chi connectivity index (χ1n) is 44.0. The van der Waals surface area contributed by atoms with Gasteiger partial charge in [0, 0.05) is 67.4 Å². The normalized spacial score (nSPS) is 15.6. The molecule has 16 rings (SSSR count). The fourth-order valence-electron chi connectivity index (χ4n) is 16.5. The molecule has 33 heteroatoms. The molecule has 0 saturated heterocycles. The highest BCUT2D eigenvalue weighted by atomic mass is 35.5. The number of nitrogens with zero attached hydrogens (tertiary/aromatic N) is 5. The third-order valence-electron chi connectivity index (χ3n) is 23.6. The van der Waals surface area contributed by atoms with E-state index < -0.39 is 35.9 Å². The molecule has 2 unspecified atom stereocenters. The lowest BCUT2D eigenvalue weighted by Crippen LogP contribution is -2.35. The Labute approximate surface area is 764 Å². The zero-order valence-electron chi connectivity index (χ0n) is 74.8. The Morgan fingerprint density at radius 1 is 0.412 bits per heavy atom. The number of hydrogen-bond donors (Lipinski definition) is 7. The summed E-state index contributed by atoms with van der Waals surface area (Å²) in [6, 6.07) is 41.6. The largest absolute Gasteiger partial charge is 0.493 e. The van der Waals surface area contributed by atoms with E-state index in [0.717, 1.165) is 85.6 Å². The Kier molecular flexibility index (Phi) is 31.1. The fourth-order valence-corrected chi connectivity index (χ4v) is 16.7. The quantitative estimate of drug-likeness (QED) is 0.0145. The van der Waals surface area contributed by atoms with E-state index in [-0.39, 0.29) is 116 Å². The van der Waals surface area contributed by atoms with Crippen molar-refractivity contribution in [3.8, 4) is 52.1 Å². The minimum atomic E-state index is -0.711. The molecule has 0 bridgehead atoms. The molecule has 8 aliphatic rings. The van der Waals surface area contributed by atoms with Crippen LogP contribution in [0.3, 0.4) is 0 Å². The van der Waals surface area contributed by atoms with E-state index in [0.29, 0.717) is 146 Å². The number of benzene rings is 8. The first-order chi connectivity index (χ1) is 63.3. The minimum absolute atomic E-state index is 0.00532. The second-order valence-electron chi connectivity index (χ2n) is 32.5. The number of halogens is 1. The van der Waals surface area contributed by atoms with Crippen molar-refractivity contribution in [3.63, 3.8) is 0 Å². The van der Waals surface area contributed by atoms with Gasteiger partial charge in [0.25, 0.3) is 29.5 Å². The van der Waals surface area contributed by atoms with Crippen molar-refractivity contribution in [2.75, 3.05) is 76.1 Å². The molecule has 131 heavy (non-hydrogen) atoms. The maximum absolute atomic E-state index is 13.7. The van der Waals surface area contributed by atoms with Crippen LogP contribution in [-0.4, -0.2) is 145 Å². The summed E-state index contributed by atoms with van der Waals surface area (Å²) in [6.45, 7) is 13.8. The molecule has 4 fully saturated rings. The maximum atomic E-state index is 13.7. The number of fused-ring (bicyclic) bond motifs is 4. The molecule has 0 spiro atoms. The first-order valence-corrected chi connectivity index (χ1v) is 44.3. The van der Waals surface area contributed by atoms with Gasteiger partial charge in [0.05, 0.1) is 149 Å². The summed E-state index contributed by atoms with van der Waals surface area (Å²) in [7, 11) is 6.24. The Morgan fingerprint density at radius 2 is 0.725 bits per heavy atom. The Hall–Kier alpha value is -13.9. The monoisotopic (exact) mass is 1810 g/mol. The van der Waals surface area contributed by atoms with E-state index in [2.05, 4.69) is 44.6 Å². The third-order valence-corrected chi connectivity index (χ3v) is 24.0. The molecule has 8 aromatic rings. The van der Waals surface area contributed by atoms with Crippen LogP contribution in [0, 0.1) is 35.0 Å². The predicted octanol–water partition coefficient (Wildman–Crippen LogP) is 15.4. The molecule has 0 aromatic heterocycles. The molecule has 4 aliphatic carbocycles. The number of hydroxylamine groups is 2. The van der Waals surface area contributed by atoms with Crippen LogP contribution in [0.15, 0.2) is 140 Å². The highest BCUT2D eigenvalue weighted by Crippen LogP contribution is 2.48. The van der Waals surface area contributed by atoms with Crippen molar-refractivity contribution >= 4 is 99.4 Å². The van der Waals surface area contributed by atoms with Gasteiger partial charge >= 0.3 is 5.97 Å². The number of carbonyl (C=O) groups is 11. The maximum Gasteiger partial charge on any atom is 0.329 e. The van der Waals surface area contributed by atoms with Crippen molar-refractivity contribution in [1.82, 2.24) is 30.6 Å². The van der Waals surface area contributed by atoms with Crippen LogP contribution >= 0.6 is 11.6 Å². The van der Waals surface area contributed by atoms with Crippen LogP contribution in [0.2, 0.25) is 5.02 Å². The lowest BCUT2D eigenvalue weighted by molar-refractivity contribution is -0.156. The number of amides is 10. The van der Waals surface area contributed by atoms with E-state index in [4.69, 9.17) is 54.7 Å². The van der Waals surface area contributed by atoms with Gasteiger partial charge in [-0.15, -0.1) is 0 Å². The van der Waals surface area contributed by atoms with Crippen molar-refractivity contribution in [1.29, 1.82) is 5.26 Å². The number of nitriles is 1. The van der Waals surface area contributed by atoms with Gasteiger partial charge in [0.15, 0.2) is 46.0 Å². The van der Waals surface area contributed by atoms with Gasteiger partial charge in [-0.1, -0.05) is 79.2 Å². The highest BCUT2D eigenvalue weighted by Gasteiger charge is 2.44.